The topological polar surface area (TPSA) is 55.4 Å². The molecule has 0 saturated carbocycles. The van der Waals surface area contributed by atoms with Crippen molar-refractivity contribution in [3.8, 4) is 0 Å². The van der Waals surface area contributed by atoms with E-state index in [4.69, 9.17) is 0 Å². The van der Waals surface area contributed by atoms with Crippen LogP contribution in [0.3, 0.4) is 0 Å². The van der Waals surface area contributed by atoms with Gasteiger partial charge < -0.3 is 10.1 Å². The number of hydrogen-bond donors (Lipinski definition) is 1. The standard InChI is InChI=1S/C12H12F3NO3/c13-12(14,15)8-16-10(17)7-19-11(18)6-9-4-2-1-3-5-9/h1-5H,6-8H2,(H,16,17). The summed E-state index contributed by atoms with van der Waals surface area (Å²) in [7, 11) is 0. The molecular weight excluding hydrogens is 263 g/mol. The number of rotatable bonds is 5. The summed E-state index contributed by atoms with van der Waals surface area (Å²) in [5.41, 5.74) is 0.697. The zero-order valence-corrected chi connectivity index (χ0v) is 9.87. The number of amides is 1. The first-order valence-corrected chi connectivity index (χ1v) is 5.40. The van der Waals surface area contributed by atoms with Gasteiger partial charge in [0.25, 0.3) is 5.91 Å². The Kier molecular flexibility index (Phi) is 5.35. The number of carbonyl (C=O) groups excluding carboxylic acids is 2. The molecule has 0 atom stereocenters. The zero-order chi connectivity index (χ0) is 14.3. The van der Waals surface area contributed by atoms with E-state index < -0.39 is 31.2 Å². The Morgan fingerprint density at radius 3 is 2.37 bits per heavy atom. The number of esters is 1. The van der Waals surface area contributed by atoms with E-state index >= 15 is 0 Å². The van der Waals surface area contributed by atoms with Crippen molar-refractivity contribution >= 4 is 11.9 Å². The van der Waals surface area contributed by atoms with Crippen LogP contribution in [-0.4, -0.2) is 31.2 Å². The van der Waals surface area contributed by atoms with Crippen molar-refractivity contribution in [2.75, 3.05) is 13.2 Å². The predicted molar refractivity (Wildman–Crippen MR) is 60.2 cm³/mol. The molecule has 1 aromatic rings. The number of nitrogens with one attached hydrogen (secondary N) is 1. The minimum Gasteiger partial charge on any atom is -0.455 e. The van der Waals surface area contributed by atoms with Gasteiger partial charge in [0, 0.05) is 0 Å². The lowest BCUT2D eigenvalue weighted by molar-refractivity contribution is -0.150. The highest BCUT2D eigenvalue weighted by atomic mass is 19.4. The molecule has 0 unspecified atom stereocenters. The second kappa shape index (κ2) is 6.77. The van der Waals surface area contributed by atoms with Crippen LogP contribution in [0.1, 0.15) is 5.56 Å². The van der Waals surface area contributed by atoms with Gasteiger partial charge in [0.15, 0.2) is 6.61 Å². The summed E-state index contributed by atoms with van der Waals surface area (Å²) in [4.78, 5) is 22.3. The van der Waals surface area contributed by atoms with Crippen molar-refractivity contribution in [1.82, 2.24) is 5.32 Å². The third kappa shape index (κ3) is 7.07. The fourth-order valence-corrected chi connectivity index (χ4v) is 1.21. The average Bonchev–Trinajstić information content (AvgIpc) is 2.34. The van der Waals surface area contributed by atoms with Crippen LogP contribution in [0.2, 0.25) is 0 Å². The van der Waals surface area contributed by atoms with E-state index in [1.807, 2.05) is 0 Å². The Morgan fingerprint density at radius 2 is 1.79 bits per heavy atom. The van der Waals surface area contributed by atoms with E-state index in [2.05, 4.69) is 4.74 Å². The zero-order valence-electron chi connectivity index (χ0n) is 9.87. The highest BCUT2D eigenvalue weighted by molar-refractivity contribution is 5.81. The molecule has 0 spiro atoms. The minimum absolute atomic E-state index is 0.0343. The van der Waals surface area contributed by atoms with Gasteiger partial charge in [0.05, 0.1) is 6.42 Å². The largest absolute Gasteiger partial charge is 0.455 e. The summed E-state index contributed by atoms with van der Waals surface area (Å²) < 4.78 is 39.9. The first-order valence-electron chi connectivity index (χ1n) is 5.40. The van der Waals surface area contributed by atoms with E-state index in [0.717, 1.165) is 0 Å². The normalized spacial score (nSPS) is 10.9. The third-order valence-corrected chi connectivity index (χ3v) is 2.04. The number of halogens is 3. The van der Waals surface area contributed by atoms with Crippen molar-refractivity contribution in [2.24, 2.45) is 0 Å². The molecule has 0 aromatic heterocycles. The second-order valence-corrected chi connectivity index (χ2v) is 3.71. The van der Waals surface area contributed by atoms with Crippen LogP contribution in [0.5, 0.6) is 0 Å². The van der Waals surface area contributed by atoms with E-state index in [9.17, 15) is 22.8 Å². The van der Waals surface area contributed by atoms with Crippen molar-refractivity contribution in [2.45, 2.75) is 12.6 Å². The summed E-state index contributed by atoms with van der Waals surface area (Å²) in [5, 5.41) is 1.60. The number of ether oxygens (including phenoxy) is 1. The molecule has 0 saturated heterocycles. The van der Waals surface area contributed by atoms with E-state index in [1.165, 1.54) is 0 Å². The van der Waals surface area contributed by atoms with Gasteiger partial charge in [0.2, 0.25) is 0 Å². The summed E-state index contributed by atoms with van der Waals surface area (Å²) in [6.07, 6.45) is -4.52. The van der Waals surface area contributed by atoms with Crippen molar-refractivity contribution in [1.29, 1.82) is 0 Å². The molecule has 4 nitrogen and oxygen atoms in total. The third-order valence-electron chi connectivity index (χ3n) is 2.04. The lowest BCUT2D eigenvalue weighted by Gasteiger charge is -2.08. The van der Waals surface area contributed by atoms with E-state index in [0.29, 0.717) is 5.56 Å². The fourth-order valence-electron chi connectivity index (χ4n) is 1.21. The average molecular weight is 275 g/mol. The summed E-state index contributed by atoms with van der Waals surface area (Å²) in [6.45, 7) is -2.16. The van der Waals surface area contributed by atoms with Gasteiger partial charge in [-0.1, -0.05) is 30.3 Å². The van der Waals surface area contributed by atoms with Crippen LogP contribution in [0, 0.1) is 0 Å². The molecule has 7 heteroatoms. The first kappa shape index (κ1) is 15.0. The molecule has 0 fully saturated rings. The van der Waals surface area contributed by atoms with Gasteiger partial charge in [-0.15, -0.1) is 0 Å². The maximum Gasteiger partial charge on any atom is 0.405 e. The van der Waals surface area contributed by atoms with Crippen molar-refractivity contribution in [3.05, 3.63) is 35.9 Å². The van der Waals surface area contributed by atoms with Gasteiger partial charge in [-0.2, -0.15) is 13.2 Å². The van der Waals surface area contributed by atoms with Crippen LogP contribution in [0.4, 0.5) is 13.2 Å². The van der Waals surface area contributed by atoms with Crippen LogP contribution in [0.15, 0.2) is 30.3 Å². The molecular formula is C12H12F3NO3. The maximum atomic E-state index is 11.8. The van der Waals surface area contributed by atoms with Gasteiger partial charge in [-0.25, -0.2) is 0 Å². The molecule has 0 aliphatic rings. The Hall–Kier alpha value is -2.05. The van der Waals surface area contributed by atoms with E-state index in [1.54, 1.807) is 35.6 Å². The monoisotopic (exact) mass is 275 g/mol. The molecule has 0 heterocycles. The van der Waals surface area contributed by atoms with Gasteiger partial charge >= 0.3 is 12.1 Å². The highest BCUT2D eigenvalue weighted by Gasteiger charge is 2.27. The second-order valence-electron chi connectivity index (χ2n) is 3.71. The predicted octanol–water partition coefficient (Wildman–Crippen LogP) is 1.45. The lowest BCUT2D eigenvalue weighted by atomic mass is 10.2. The summed E-state index contributed by atoms with van der Waals surface area (Å²) in [5.74, 6) is -1.66. The maximum absolute atomic E-state index is 11.8. The minimum atomic E-state index is -4.48. The van der Waals surface area contributed by atoms with Crippen LogP contribution < -0.4 is 5.32 Å². The molecule has 19 heavy (non-hydrogen) atoms. The Bertz CT molecular complexity index is 432. The van der Waals surface area contributed by atoms with Gasteiger partial charge in [-0.05, 0) is 5.56 Å². The Morgan fingerprint density at radius 1 is 1.16 bits per heavy atom. The first-order chi connectivity index (χ1) is 8.87. The number of hydrogen-bond acceptors (Lipinski definition) is 3. The molecule has 1 aromatic carbocycles. The quantitative estimate of drug-likeness (QED) is 0.827. The molecule has 0 aliphatic heterocycles. The lowest BCUT2D eigenvalue weighted by Crippen LogP contribution is -2.36. The molecule has 104 valence electrons. The van der Waals surface area contributed by atoms with E-state index in [-0.39, 0.29) is 6.42 Å². The molecule has 1 N–H and O–H groups in total. The summed E-state index contributed by atoms with van der Waals surface area (Å²) >= 11 is 0. The molecule has 1 rings (SSSR count). The SMILES string of the molecule is O=C(COC(=O)Cc1ccccc1)NCC(F)(F)F. The Balaban J connectivity index is 2.25. The van der Waals surface area contributed by atoms with Crippen molar-refractivity contribution < 1.29 is 27.5 Å². The van der Waals surface area contributed by atoms with Crippen molar-refractivity contribution in [3.63, 3.8) is 0 Å². The van der Waals surface area contributed by atoms with Crippen LogP contribution >= 0.6 is 0 Å². The van der Waals surface area contributed by atoms with Gasteiger partial charge in [-0.3, -0.25) is 9.59 Å². The number of alkyl halides is 3. The fraction of sp³-hybridized carbons (Fsp3) is 0.333. The highest BCUT2D eigenvalue weighted by Crippen LogP contribution is 2.11. The Labute approximate surface area is 107 Å². The van der Waals surface area contributed by atoms with Crippen LogP contribution in [0.25, 0.3) is 0 Å². The van der Waals surface area contributed by atoms with Gasteiger partial charge in [0.1, 0.15) is 6.54 Å². The molecule has 0 aliphatic carbocycles. The molecule has 1 amide bonds. The summed E-state index contributed by atoms with van der Waals surface area (Å²) in [6, 6.07) is 8.65. The smallest absolute Gasteiger partial charge is 0.405 e. The van der Waals surface area contributed by atoms with Crippen LogP contribution in [-0.2, 0) is 20.7 Å². The number of benzene rings is 1. The molecule has 0 bridgehead atoms. The number of carbonyl (C=O) groups is 2. The molecule has 0 radical (unpaired) electrons.